The van der Waals surface area contributed by atoms with Gasteiger partial charge in [0.1, 0.15) is 0 Å². The smallest absolute Gasteiger partial charge is 0.231 e. The first-order chi connectivity index (χ1) is 10.1. The molecule has 8 nitrogen and oxygen atoms in total. The highest BCUT2D eigenvalue weighted by Crippen LogP contribution is 2.13. The van der Waals surface area contributed by atoms with Crippen molar-refractivity contribution < 1.29 is 4.79 Å². The van der Waals surface area contributed by atoms with Crippen LogP contribution in [-0.2, 0) is 4.79 Å². The van der Waals surface area contributed by atoms with Crippen molar-refractivity contribution in [1.82, 2.24) is 15.0 Å². The molecule has 0 fully saturated rings. The van der Waals surface area contributed by atoms with E-state index >= 15 is 0 Å². The molecule has 0 bridgehead atoms. The minimum Gasteiger partial charge on any atom is -0.370 e. The lowest BCUT2D eigenvalue weighted by Crippen LogP contribution is -2.25. The van der Waals surface area contributed by atoms with Gasteiger partial charge < -0.3 is 21.3 Å². The SMILES string of the molecule is CCN(CC)c1nc(NC)nc(NCCCCC(N)=O)n1. The average molecular weight is 295 g/mol. The predicted molar refractivity (Wildman–Crippen MR) is 84.5 cm³/mol. The predicted octanol–water partition coefficient (Wildman–Crippen LogP) is 0.827. The molecule has 21 heavy (non-hydrogen) atoms. The van der Waals surface area contributed by atoms with E-state index < -0.39 is 0 Å². The van der Waals surface area contributed by atoms with Crippen molar-refractivity contribution in [2.24, 2.45) is 5.73 Å². The average Bonchev–Trinajstić information content (AvgIpc) is 2.47. The first-order valence-electron chi connectivity index (χ1n) is 7.31. The molecule has 118 valence electrons. The van der Waals surface area contributed by atoms with Crippen LogP contribution in [0.5, 0.6) is 0 Å². The Bertz CT molecular complexity index is 448. The molecule has 0 unspecified atom stereocenters. The van der Waals surface area contributed by atoms with Gasteiger partial charge in [-0.25, -0.2) is 0 Å². The zero-order chi connectivity index (χ0) is 15.7. The molecule has 0 atom stereocenters. The molecule has 0 spiro atoms. The molecule has 0 aliphatic carbocycles. The van der Waals surface area contributed by atoms with Gasteiger partial charge in [0.15, 0.2) is 0 Å². The zero-order valence-corrected chi connectivity index (χ0v) is 13.0. The van der Waals surface area contributed by atoms with Gasteiger partial charge in [0, 0.05) is 33.1 Å². The van der Waals surface area contributed by atoms with Crippen molar-refractivity contribution >= 4 is 23.8 Å². The van der Waals surface area contributed by atoms with Crippen molar-refractivity contribution in [3.8, 4) is 0 Å². The number of rotatable bonds is 10. The van der Waals surface area contributed by atoms with Crippen molar-refractivity contribution in [1.29, 1.82) is 0 Å². The Labute approximate surface area is 125 Å². The summed E-state index contributed by atoms with van der Waals surface area (Å²) in [6, 6.07) is 0. The van der Waals surface area contributed by atoms with E-state index in [2.05, 4.69) is 44.3 Å². The van der Waals surface area contributed by atoms with Gasteiger partial charge in [0.25, 0.3) is 0 Å². The Morgan fingerprint density at radius 3 is 2.38 bits per heavy atom. The molecule has 4 N–H and O–H groups in total. The Morgan fingerprint density at radius 2 is 1.81 bits per heavy atom. The minimum absolute atomic E-state index is 0.267. The molecule has 8 heteroatoms. The van der Waals surface area contributed by atoms with Crippen LogP contribution >= 0.6 is 0 Å². The molecule has 1 aromatic heterocycles. The summed E-state index contributed by atoms with van der Waals surface area (Å²) in [6.07, 6.45) is 2.00. The summed E-state index contributed by atoms with van der Waals surface area (Å²) in [5, 5.41) is 6.09. The second-order valence-electron chi connectivity index (χ2n) is 4.56. The molecule has 0 aliphatic rings. The van der Waals surface area contributed by atoms with E-state index in [-0.39, 0.29) is 5.91 Å². The van der Waals surface area contributed by atoms with Crippen LogP contribution in [0, 0.1) is 0 Å². The lowest BCUT2D eigenvalue weighted by atomic mass is 10.2. The van der Waals surface area contributed by atoms with Gasteiger partial charge in [-0.15, -0.1) is 0 Å². The highest BCUT2D eigenvalue weighted by Gasteiger charge is 2.10. The fourth-order valence-corrected chi connectivity index (χ4v) is 1.83. The lowest BCUT2D eigenvalue weighted by molar-refractivity contribution is -0.118. The summed E-state index contributed by atoms with van der Waals surface area (Å²) in [7, 11) is 1.78. The maximum Gasteiger partial charge on any atom is 0.231 e. The van der Waals surface area contributed by atoms with Gasteiger partial charge in [-0.05, 0) is 26.7 Å². The fourth-order valence-electron chi connectivity index (χ4n) is 1.83. The third-order valence-electron chi connectivity index (χ3n) is 3.03. The highest BCUT2D eigenvalue weighted by molar-refractivity contribution is 5.73. The molecule has 0 saturated carbocycles. The van der Waals surface area contributed by atoms with Gasteiger partial charge in [-0.1, -0.05) is 0 Å². The number of hydrogen-bond acceptors (Lipinski definition) is 7. The number of nitrogens with one attached hydrogen (secondary N) is 2. The number of nitrogens with two attached hydrogens (primary N) is 1. The van der Waals surface area contributed by atoms with Crippen molar-refractivity contribution in [3.63, 3.8) is 0 Å². The Hall–Kier alpha value is -2.12. The van der Waals surface area contributed by atoms with Crippen molar-refractivity contribution in [2.45, 2.75) is 33.1 Å². The molecule has 0 aromatic carbocycles. The third kappa shape index (κ3) is 5.80. The van der Waals surface area contributed by atoms with Crippen LogP contribution in [0.4, 0.5) is 17.8 Å². The van der Waals surface area contributed by atoms with Gasteiger partial charge in [-0.2, -0.15) is 15.0 Å². The standard InChI is InChI=1S/C13H25N7O/c1-4-20(5-2)13-18-11(15-3)17-12(19-13)16-9-7-6-8-10(14)21/h4-9H2,1-3H3,(H2,14,21)(H2,15,16,17,18,19). The van der Waals surface area contributed by atoms with Crippen LogP contribution in [0.25, 0.3) is 0 Å². The van der Waals surface area contributed by atoms with E-state index in [9.17, 15) is 4.79 Å². The Morgan fingerprint density at radius 1 is 1.14 bits per heavy atom. The molecule has 0 radical (unpaired) electrons. The Balaban J connectivity index is 2.64. The van der Waals surface area contributed by atoms with Crippen LogP contribution in [-0.4, -0.2) is 47.5 Å². The van der Waals surface area contributed by atoms with E-state index in [1.165, 1.54) is 0 Å². The number of aromatic nitrogens is 3. The first-order valence-corrected chi connectivity index (χ1v) is 7.31. The molecule has 0 aliphatic heterocycles. The molecular weight excluding hydrogens is 270 g/mol. The molecule has 0 saturated heterocycles. The minimum atomic E-state index is -0.267. The largest absolute Gasteiger partial charge is 0.370 e. The maximum absolute atomic E-state index is 10.7. The number of nitrogens with zero attached hydrogens (tertiary/aromatic N) is 4. The van der Waals surface area contributed by atoms with E-state index in [0.717, 1.165) is 25.9 Å². The number of unbranched alkanes of at least 4 members (excludes halogenated alkanes) is 1. The van der Waals surface area contributed by atoms with E-state index in [0.29, 0.717) is 30.8 Å². The van der Waals surface area contributed by atoms with E-state index in [1.54, 1.807) is 7.05 Å². The first kappa shape index (κ1) is 16.9. The van der Waals surface area contributed by atoms with Gasteiger partial charge in [-0.3, -0.25) is 4.79 Å². The van der Waals surface area contributed by atoms with Gasteiger partial charge >= 0.3 is 0 Å². The van der Waals surface area contributed by atoms with Crippen molar-refractivity contribution in [2.75, 3.05) is 42.2 Å². The number of carbonyl (C=O) groups is 1. The summed E-state index contributed by atoms with van der Waals surface area (Å²) < 4.78 is 0. The molecular formula is C13H25N7O. The number of anilines is 3. The quantitative estimate of drug-likeness (QED) is 0.548. The highest BCUT2D eigenvalue weighted by atomic mass is 16.1. The van der Waals surface area contributed by atoms with E-state index in [4.69, 9.17) is 5.73 Å². The van der Waals surface area contributed by atoms with Crippen LogP contribution in [0.3, 0.4) is 0 Å². The number of primary amides is 1. The number of amides is 1. The van der Waals surface area contributed by atoms with Crippen LogP contribution in [0.2, 0.25) is 0 Å². The zero-order valence-electron chi connectivity index (χ0n) is 13.0. The monoisotopic (exact) mass is 295 g/mol. The molecule has 1 rings (SSSR count). The van der Waals surface area contributed by atoms with Gasteiger partial charge in [0.05, 0.1) is 0 Å². The second kappa shape index (κ2) is 8.93. The lowest BCUT2D eigenvalue weighted by Gasteiger charge is -2.19. The van der Waals surface area contributed by atoms with E-state index in [1.807, 2.05) is 0 Å². The second-order valence-corrected chi connectivity index (χ2v) is 4.56. The van der Waals surface area contributed by atoms with Crippen molar-refractivity contribution in [3.05, 3.63) is 0 Å². The molecule has 1 heterocycles. The third-order valence-corrected chi connectivity index (χ3v) is 3.03. The summed E-state index contributed by atoms with van der Waals surface area (Å²) in [6.45, 7) is 6.48. The topological polar surface area (TPSA) is 109 Å². The maximum atomic E-state index is 10.7. The molecule has 1 amide bonds. The number of hydrogen-bond donors (Lipinski definition) is 3. The van der Waals surface area contributed by atoms with Crippen LogP contribution < -0.4 is 21.3 Å². The summed E-state index contributed by atoms with van der Waals surface area (Å²) >= 11 is 0. The van der Waals surface area contributed by atoms with Crippen LogP contribution in [0.1, 0.15) is 33.1 Å². The normalized spacial score (nSPS) is 10.2. The fraction of sp³-hybridized carbons (Fsp3) is 0.692. The summed E-state index contributed by atoms with van der Waals surface area (Å²) in [4.78, 5) is 25.8. The van der Waals surface area contributed by atoms with Gasteiger partial charge in [0.2, 0.25) is 23.8 Å². The van der Waals surface area contributed by atoms with Crippen LogP contribution in [0.15, 0.2) is 0 Å². The summed E-state index contributed by atoms with van der Waals surface area (Å²) in [5.41, 5.74) is 5.10. The number of carbonyl (C=O) groups excluding carboxylic acids is 1. The summed E-state index contributed by atoms with van der Waals surface area (Å²) in [5.74, 6) is 1.46. The Kier molecular flexibility index (Phi) is 7.20. The molecule has 1 aromatic rings.